The second-order valence-corrected chi connectivity index (χ2v) is 5.28. The molecule has 0 aliphatic carbocycles. The van der Waals surface area contributed by atoms with Crippen LogP contribution in [0, 0.1) is 0 Å². The van der Waals surface area contributed by atoms with Crippen molar-refractivity contribution in [2.45, 2.75) is 6.92 Å². The van der Waals surface area contributed by atoms with Crippen LogP contribution in [0.25, 0.3) is 17.1 Å². The summed E-state index contributed by atoms with van der Waals surface area (Å²) in [4.78, 5) is 11.8. The quantitative estimate of drug-likeness (QED) is 0.628. The van der Waals surface area contributed by atoms with Crippen molar-refractivity contribution in [3.05, 3.63) is 48.0 Å². The normalized spacial score (nSPS) is 10.4. The van der Waals surface area contributed by atoms with E-state index < -0.39 is 0 Å². The van der Waals surface area contributed by atoms with E-state index in [1.165, 1.54) is 0 Å². The monoisotopic (exact) mass is 354 g/mol. The van der Waals surface area contributed by atoms with E-state index in [0.717, 1.165) is 5.56 Å². The van der Waals surface area contributed by atoms with Crippen LogP contribution in [0.1, 0.15) is 17.3 Å². The van der Waals surface area contributed by atoms with E-state index in [-0.39, 0.29) is 5.97 Å². The first-order valence-electron chi connectivity index (χ1n) is 7.95. The first kappa shape index (κ1) is 17.4. The third-order valence-electron chi connectivity index (χ3n) is 3.70. The van der Waals surface area contributed by atoms with Crippen LogP contribution in [0.15, 0.2) is 42.5 Å². The van der Waals surface area contributed by atoms with Gasteiger partial charge in [-0.25, -0.2) is 4.79 Å². The molecule has 0 amide bonds. The lowest BCUT2D eigenvalue weighted by Gasteiger charge is -2.09. The molecule has 0 spiro atoms. The van der Waals surface area contributed by atoms with Crippen LogP contribution in [-0.4, -0.2) is 47.0 Å². The molecule has 0 fully saturated rings. The molecule has 0 saturated heterocycles. The fraction of sp³-hybridized carbons (Fsp3) is 0.222. The summed E-state index contributed by atoms with van der Waals surface area (Å²) in [5.41, 5.74) is 1.91. The first-order valence-corrected chi connectivity index (χ1v) is 7.95. The van der Waals surface area contributed by atoms with Crippen molar-refractivity contribution in [1.29, 1.82) is 0 Å². The van der Waals surface area contributed by atoms with Gasteiger partial charge in [0.05, 0.1) is 32.1 Å². The van der Waals surface area contributed by atoms with Gasteiger partial charge in [0, 0.05) is 11.6 Å². The molecule has 26 heavy (non-hydrogen) atoms. The van der Waals surface area contributed by atoms with E-state index in [0.29, 0.717) is 35.2 Å². The van der Waals surface area contributed by atoms with Crippen LogP contribution in [0.3, 0.4) is 0 Å². The zero-order valence-electron chi connectivity index (χ0n) is 14.7. The fourth-order valence-corrected chi connectivity index (χ4v) is 2.43. The maximum atomic E-state index is 11.8. The predicted octanol–water partition coefficient (Wildman–Crippen LogP) is 2.52. The number of aromatic nitrogens is 4. The molecule has 8 nitrogen and oxygen atoms in total. The fourth-order valence-electron chi connectivity index (χ4n) is 2.43. The number of rotatable bonds is 6. The van der Waals surface area contributed by atoms with Crippen molar-refractivity contribution >= 4 is 5.97 Å². The number of ether oxygens (including phenoxy) is 3. The molecule has 0 radical (unpaired) electrons. The third kappa shape index (κ3) is 3.49. The lowest BCUT2D eigenvalue weighted by molar-refractivity contribution is 0.0526. The van der Waals surface area contributed by atoms with Gasteiger partial charge in [-0.2, -0.15) is 4.68 Å². The summed E-state index contributed by atoms with van der Waals surface area (Å²) in [6.07, 6.45) is 0. The van der Waals surface area contributed by atoms with Crippen molar-refractivity contribution in [2.75, 3.05) is 20.8 Å². The maximum Gasteiger partial charge on any atom is 0.338 e. The highest BCUT2D eigenvalue weighted by molar-refractivity contribution is 5.89. The Balaban J connectivity index is 1.98. The molecule has 3 aromatic rings. The molecule has 134 valence electrons. The molecule has 1 heterocycles. The van der Waals surface area contributed by atoms with Crippen LogP contribution >= 0.6 is 0 Å². The van der Waals surface area contributed by atoms with E-state index in [4.69, 9.17) is 14.2 Å². The Morgan fingerprint density at radius 2 is 1.69 bits per heavy atom. The minimum atomic E-state index is -0.367. The Hall–Kier alpha value is -3.42. The molecular weight excluding hydrogens is 336 g/mol. The second kappa shape index (κ2) is 7.64. The molecule has 0 bridgehead atoms. The first-order chi connectivity index (χ1) is 12.7. The number of hydrogen-bond donors (Lipinski definition) is 0. The number of esters is 1. The summed E-state index contributed by atoms with van der Waals surface area (Å²) in [6.45, 7) is 2.09. The number of benzene rings is 2. The summed E-state index contributed by atoms with van der Waals surface area (Å²) in [5, 5.41) is 11.9. The van der Waals surface area contributed by atoms with Crippen molar-refractivity contribution in [3.8, 4) is 28.6 Å². The minimum Gasteiger partial charge on any atom is -0.497 e. The molecule has 0 saturated carbocycles. The third-order valence-corrected chi connectivity index (χ3v) is 3.70. The van der Waals surface area contributed by atoms with E-state index in [9.17, 15) is 4.79 Å². The van der Waals surface area contributed by atoms with E-state index in [1.54, 1.807) is 56.2 Å². The summed E-state index contributed by atoms with van der Waals surface area (Å²) in [7, 11) is 3.16. The number of carbonyl (C=O) groups excluding carboxylic acids is 1. The summed E-state index contributed by atoms with van der Waals surface area (Å²) in [6, 6.07) is 12.3. The number of methoxy groups -OCH3 is 2. The highest BCUT2D eigenvalue weighted by Crippen LogP contribution is 2.29. The predicted molar refractivity (Wildman–Crippen MR) is 93.7 cm³/mol. The average molecular weight is 354 g/mol. The van der Waals surface area contributed by atoms with Crippen LogP contribution in [0.4, 0.5) is 0 Å². The van der Waals surface area contributed by atoms with Gasteiger partial charge in [0.25, 0.3) is 0 Å². The molecule has 0 aliphatic rings. The molecule has 0 N–H and O–H groups in total. The Morgan fingerprint density at radius 3 is 2.27 bits per heavy atom. The lowest BCUT2D eigenvalue weighted by atomic mass is 10.1. The second-order valence-electron chi connectivity index (χ2n) is 5.28. The Morgan fingerprint density at radius 1 is 1.04 bits per heavy atom. The van der Waals surface area contributed by atoms with Crippen molar-refractivity contribution < 1.29 is 19.0 Å². The average Bonchev–Trinajstić information content (AvgIpc) is 3.17. The van der Waals surface area contributed by atoms with Crippen molar-refractivity contribution in [3.63, 3.8) is 0 Å². The van der Waals surface area contributed by atoms with Crippen LogP contribution in [0.5, 0.6) is 11.5 Å². The molecular formula is C18H18N4O4. The number of hydrogen-bond acceptors (Lipinski definition) is 7. The molecule has 0 atom stereocenters. The van der Waals surface area contributed by atoms with Gasteiger partial charge < -0.3 is 14.2 Å². The van der Waals surface area contributed by atoms with Gasteiger partial charge in [0.15, 0.2) is 5.82 Å². The van der Waals surface area contributed by atoms with Crippen LogP contribution in [0.2, 0.25) is 0 Å². The largest absolute Gasteiger partial charge is 0.497 e. The van der Waals surface area contributed by atoms with Crippen molar-refractivity contribution in [1.82, 2.24) is 20.2 Å². The number of tetrazole rings is 1. The molecule has 8 heteroatoms. The van der Waals surface area contributed by atoms with Gasteiger partial charge in [-0.15, -0.1) is 5.10 Å². The van der Waals surface area contributed by atoms with Gasteiger partial charge in [0.1, 0.15) is 11.5 Å². The van der Waals surface area contributed by atoms with Gasteiger partial charge in [-0.3, -0.25) is 0 Å². The summed E-state index contributed by atoms with van der Waals surface area (Å²) < 4.78 is 17.2. The molecule has 2 aromatic carbocycles. The van der Waals surface area contributed by atoms with Crippen LogP contribution in [-0.2, 0) is 4.74 Å². The number of nitrogens with zero attached hydrogens (tertiary/aromatic N) is 4. The molecule has 0 aliphatic heterocycles. The van der Waals surface area contributed by atoms with Gasteiger partial charge >= 0.3 is 5.97 Å². The van der Waals surface area contributed by atoms with E-state index >= 15 is 0 Å². The van der Waals surface area contributed by atoms with Gasteiger partial charge in [-0.05, 0) is 53.7 Å². The van der Waals surface area contributed by atoms with Gasteiger partial charge in [0.2, 0.25) is 0 Å². The number of carbonyl (C=O) groups is 1. The van der Waals surface area contributed by atoms with Crippen LogP contribution < -0.4 is 9.47 Å². The Labute approximate surface area is 150 Å². The maximum absolute atomic E-state index is 11.8. The van der Waals surface area contributed by atoms with E-state index in [1.807, 2.05) is 12.1 Å². The highest BCUT2D eigenvalue weighted by Gasteiger charge is 2.14. The zero-order valence-corrected chi connectivity index (χ0v) is 14.7. The standard InChI is InChI=1S/C18H18N4O4/c1-4-26-18(23)12-5-7-14(8-6-12)22-17(19-20-21-22)13-9-15(24-2)11-16(10-13)25-3/h5-11H,4H2,1-3H3. The smallest absolute Gasteiger partial charge is 0.338 e. The van der Waals surface area contributed by atoms with Crippen molar-refractivity contribution in [2.24, 2.45) is 0 Å². The molecule has 0 unspecified atom stereocenters. The summed E-state index contributed by atoms with van der Waals surface area (Å²) in [5.74, 6) is 1.41. The Bertz CT molecular complexity index is 884. The van der Waals surface area contributed by atoms with Gasteiger partial charge in [-0.1, -0.05) is 0 Å². The highest BCUT2D eigenvalue weighted by atomic mass is 16.5. The topological polar surface area (TPSA) is 88.4 Å². The minimum absolute atomic E-state index is 0.329. The summed E-state index contributed by atoms with van der Waals surface area (Å²) >= 11 is 0. The molecule has 1 aromatic heterocycles. The Kier molecular flexibility index (Phi) is 5.12. The van der Waals surface area contributed by atoms with E-state index in [2.05, 4.69) is 15.5 Å². The lowest BCUT2D eigenvalue weighted by Crippen LogP contribution is -2.05. The molecule has 3 rings (SSSR count). The SMILES string of the molecule is CCOC(=O)c1ccc(-n2nnnc2-c2cc(OC)cc(OC)c2)cc1. The zero-order chi connectivity index (χ0) is 18.5.